The van der Waals surface area contributed by atoms with Gasteiger partial charge in [0, 0.05) is 11.1 Å². The average molecular weight is 299 g/mol. The predicted molar refractivity (Wildman–Crippen MR) is 72.0 cm³/mol. The maximum Gasteiger partial charge on any atom is 0.157 e. The quantitative estimate of drug-likeness (QED) is 0.767. The van der Waals surface area contributed by atoms with Gasteiger partial charge in [0.1, 0.15) is 0 Å². The van der Waals surface area contributed by atoms with Crippen molar-refractivity contribution in [2.45, 2.75) is 38.4 Å². The maximum atomic E-state index is 5.70. The van der Waals surface area contributed by atoms with Crippen molar-refractivity contribution in [3.8, 4) is 0 Å². The molecule has 0 radical (unpaired) electrons. The van der Waals surface area contributed by atoms with E-state index in [1.54, 1.807) is 0 Å². The average Bonchev–Trinajstić information content (AvgIpc) is 2.36. The summed E-state index contributed by atoms with van der Waals surface area (Å²) in [7, 11) is 0. The molecule has 1 unspecified atom stereocenters. The standard InChI is InChI=1S/C14H19BrO2/c15-13-7-3-5-12(11-13)6-4-10-17-14-8-1-2-9-16-14/h3,5,7,11,14H,1-2,4,6,8-10H2. The molecule has 1 aromatic rings. The van der Waals surface area contributed by atoms with Crippen molar-refractivity contribution in [3.63, 3.8) is 0 Å². The second-order valence-corrected chi connectivity index (χ2v) is 5.32. The third-order valence-corrected chi connectivity index (χ3v) is 3.43. The van der Waals surface area contributed by atoms with Crippen LogP contribution in [0.15, 0.2) is 28.7 Å². The van der Waals surface area contributed by atoms with Crippen molar-refractivity contribution >= 4 is 15.9 Å². The molecule has 1 aliphatic rings. The Bertz CT molecular complexity index is 335. The van der Waals surface area contributed by atoms with Crippen LogP contribution in [0.5, 0.6) is 0 Å². The van der Waals surface area contributed by atoms with E-state index in [4.69, 9.17) is 9.47 Å². The van der Waals surface area contributed by atoms with Gasteiger partial charge in [-0.25, -0.2) is 0 Å². The monoisotopic (exact) mass is 298 g/mol. The molecule has 94 valence electrons. The fraction of sp³-hybridized carbons (Fsp3) is 0.571. The van der Waals surface area contributed by atoms with E-state index < -0.39 is 0 Å². The molecule has 2 rings (SSSR count). The van der Waals surface area contributed by atoms with Gasteiger partial charge in [-0.15, -0.1) is 0 Å². The van der Waals surface area contributed by atoms with Crippen molar-refractivity contribution in [1.82, 2.24) is 0 Å². The molecule has 1 fully saturated rings. The summed E-state index contributed by atoms with van der Waals surface area (Å²) < 4.78 is 12.4. The summed E-state index contributed by atoms with van der Waals surface area (Å²) in [5, 5.41) is 0. The first kappa shape index (κ1) is 13.1. The number of aryl methyl sites for hydroxylation is 1. The van der Waals surface area contributed by atoms with Crippen LogP contribution in [0.1, 0.15) is 31.2 Å². The van der Waals surface area contributed by atoms with Gasteiger partial charge in [-0.3, -0.25) is 0 Å². The number of hydrogen-bond acceptors (Lipinski definition) is 2. The molecule has 1 aliphatic heterocycles. The van der Waals surface area contributed by atoms with Gasteiger partial charge in [-0.1, -0.05) is 28.1 Å². The maximum absolute atomic E-state index is 5.70. The fourth-order valence-corrected chi connectivity index (χ4v) is 2.47. The fourth-order valence-electron chi connectivity index (χ4n) is 2.03. The largest absolute Gasteiger partial charge is 0.353 e. The third kappa shape index (κ3) is 4.78. The molecule has 0 spiro atoms. The van der Waals surface area contributed by atoms with Crippen molar-refractivity contribution in [1.29, 1.82) is 0 Å². The molecular formula is C14H19BrO2. The minimum Gasteiger partial charge on any atom is -0.353 e. The van der Waals surface area contributed by atoms with Crippen molar-refractivity contribution in [2.24, 2.45) is 0 Å². The van der Waals surface area contributed by atoms with Crippen LogP contribution in [0.25, 0.3) is 0 Å². The van der Waals surface area contributed by atoms with Crippen LogP contribution in [0.3, 0.4) is 0 Å². The smallest absolute Gasteiger partial charge is 0.157 e. The second-order valence-electron chi connectivity index (χ2n) is 4.40. The number of ether oxygens (including phenoxy) is 2. The summed E-state index contributed by atoms with van der Waals surface area (Å²) in [6.07, 6.45) is 5.62. The third-order valence-electron chi connectivity index (χ3n) is 2.94. The molecule has 17 heavy (non-hydrogen) atoms. The van der Waals surface area contributed by atoms with E-state index in [0.717, 1.165) is 36.9 Å². The Morgan fingerprint density at radius 3 is 3.06 bits per heavy atom. The van der Waals surface area contributed by atoms with E-state index in [9.17, 15) is 0 Å². The number of rotatable bonds is 5. The van der Waals surface area contributed by atoms with Crippen LogP contribution >= 0.6 is 15.9 Å². The Balaban J connectivity index is 1.62. The Morgan fingerprint density at radius 1 is 1.35 bits per heavy atom. The normalized spacial score (nSPS) is 20.4. The molecular weight excluding hydrogens is 280 g/mol. The van der Waals surface area contributed by atoms with Gasteiger partial charge >= 0.3 is 0 Å². The lowest BCUT2D eigenvalue weighted by atomic mass is 10.1. The Kier molecular flexibility index (Phi) is 5.49. The van der Waals surface area contributed by atoms with Gasteiger partial charge in [0.2, 0.25) is 0 Å². The van der Waals surface area contributed by atoms with E-state index in [2.05, 4.69) is 40.2 Å². The van der Waals surface area contributed by atoms with E-state index in [-0.39, 0.29) is 6.29 Å². The summed E-state index contributed by atoms with van der Waals surface area (Å²) in [5.41, 5.74) is 1.35. The highest BCUT2D eigenvalue weighted by atomic mass is 79.9. The lowest BCUT2D eigenvalue weighted by Crippen LogP contribution is -2.22. The molecule has 0 amide bonds. The second kappa shape index (κ2) is 7.14. The zero-order chi connectivity index (χ0) is 11.9. The summed E-state index contributed by atoms with van der Waals surface area (Å²) in [4.78, 5) is 0. The van der Waals surface area contributed by atoms with Gasteiger partial charge < -0.3 is 9.47 Å². The molecule has 0 saturated carbocycles. The summed E-state index contributed by atoms with van der Waals surface area (Å²) in [6, 6.07) is 8.44. The zero-order valence-electron chi connectivity index (χ0n) is 10.0. The number of halogens is 1. The van der Waals surface area contributed by atoms with Crippen molar-refractivity contribution in [3.05, 3.63) is 34.3 Å². The Hall–Kier alpha value is -0.380. The molecule has 0 aliphatic carbocycles. The number of hydrogen-bond donors (Lipinski definition) is 0. The molecule has 3 heteroatoms. The molecule has 0 bridgehead atoms. The SMILES string of the molecule is Brc1cccc(CCCOC2CCCCO2)c1. The lowest BCUT2D eigenvalue weighted by molar-refractivity contribution is -0.162. The minimum atomic E-state index is 0.0475. The van der Waals surface area contributed by atoms with E-state index in [1.807, 2.05) is 0 Å². The van der Waals surface area contributed by atoms with E-state index >= 15 is 0 Å². The van der Waals surface area contributed by atoms with Crippen molar-refractivity contribution in [2.75, 3.05) is 13.2 Å². The molecule has 1 saturated heterocycles. The van der Waals surface area contributed by atoms with Gasteiger partial charge in [0.05, 0.1) is 6.61 Å². The van der Waals surface area contributed by atoms with Gasteiger partial charge in [0.25, 0.3) is 0 Å². The summed E-state index contributed by atoms with van der Waals surface area (Å²) in [5.74, 6) is 0. The minimum absolute atomic E-state index is 0.0475. The van der Waals surface area contributed by atoms with E-state index in [0.29, 0.717) is 0 Å². The Morgan fingerprint density at radius 2 is 2.29 bits per heavy atom. The molecule has 2 nitrogen and oxygen atoms in total. The van der Waals surface area contributed by atoms with E-state index in [1.165, 1.54) is 18.4 Å². The van der Waals surface area contributed by atoms with Crippen LogP contribution in [0.4, 0.5) is 0 Å². The van der Waals surface area contributed by atoms with Crippen LogP contribution in [-0.2, 0) is 15.9 Å². The zero-order valence-corrected chi connectivity index (χ0v) is 11.6. The van der Waals surface area contributed by atoms with Crippen LogP contribution in [-0.4, -0.2) is 19.5 Å². The first-order valence-electron chi connectivity index (χ1n) is 6.32. The first-order chi connectivity index (χ1) is 8.34. The van der Waals surface area contributed by atoms with Crippen LogP contribution in [0, 0.1) is 0 Å². The molecule has 1 aromatic carbocycles. The van der Waals surface area contributed by atoms with Gasteiger partial charge in [-0.2, -0.15) is 0 Å². The van der Waals surface area contributed by atoms with Crippen molar-refractivity contribution < 1.29 is 9.47 Å². The molecule has 0 aromatic heterocycles. The lowest BCUT2D eigenvalue weighted by Gasteiger charge is -2.22. The highest BCUT2D eigenvalue weighted by Crippen LogP contribution is 2.15. The number of benzene rings is 1. The molecule has 1 atom stereocenters. The Labute approximate surface area is 111 Å². The van der Waals surface area contributed by atoms with Gasteiger partial charge in [0.15, 0.2) is 6.29 Å². The van der Waals surface area contributed by atoms with Crippen LogP contribution in [0.2, 0.25) is 0 Å². The van der Waals surface area contributed by atoms with Gasteiger partial charge in [-0.05, 0) is 49.8 Å². The highest BCUT2D eigenvalue weighted by molar-refractivity contribution is 9.10. The first-order valence-corrected chi connectivity index (χ1v) is 7.11. The summed E-state index contributed by atoms with van der Waals surface area (Å²) in [6.45, 7) is 1.65. The topological polar surface area (TPSA) is 18.5 Å². The molecule has 0 N–H and O–H groups in total. The predicted octanol–water partition coefficient (Wildman–Crippen LogP) is 3.92. The summed E-state index contributed by atoms with van der Waals surface area (Å²) >= 11 is 3.48. The van der Waals surface area contributed by atoms with Crippen LogP contribution < -0.4 is 0 Å². The highest BCUT2D eigenvalue weighted by Gasteiger charge is 2.13. The molecule has 1 heterocycles.